The number of imide groups is 1. The van der Waals surface area contributed by atoms with Crippen LogP contribution >= 0.6 is 34.7 Å². The molecule has 2 aliphatic heterocycles. The maximum Gasteiger partial charge on any atom is 0.338 e. The van der Waals surface area contributed by atoms with Crippen molar-refractivity contribution in [3.63, 3.8) is 0 Å². The highest BCUT2D eigenvalue weighted by atomic mass is 35.5. The largest absolute Gasteiger partial charge is 0.497 e. The summed E-state index contributed by atoms with van der Waals surface area (Å²) in [5.41, 5.74) is 1.87. The molecule has 3 unspecified atom stereocenters. The van der Waals surface area contributed by atoms with Crippen molar-refractivity contribution in [3.8, 4) is 5.75 Å². The van der Waals surface area contributed by atoms with Crippen LogP contribution in [0.2, 0.25) is 5.02 Å². The van der Waals surface area contributed by atoms with Crippen LogP contribution in [-0.4, -0.2) is 47.2 Å². The zero-order valence-electron chi connectivity index (χ0n) is 24.0. The van der Waals surface area contributed by atoms with Gasteiger partial charge in [-0.2, -0.15) is 0 Å². The normalized spacial score (nSPS) is 18.7. The topological polar surface area (TPSA) is 124 Å². The second-order valence-electron chi connectivity index (χ2n) is 10.3. The van der Waals surface area contributed by atoms with Crippen LogP contribution in [0.3, 0.4) is 0 Å². The van der Waals surface area contributed by atoms with E-state index in [1.54, 1.807) is 62.6 Å². The van der Waals surface area contributed by atoms with Gasteiger partial charge in [-0.05, 0) is 73.2 Å². The quantitative estimate of drug-likeness (QED) is 0.202. The molecule has 0 bridgehead atoms. The number of thiazole rings is 1. The molecule has 0 aliphatic carbocycles. The second kappa shape index (κ2) is 12.5. The fourth-order valence-electron chi connectivity index (χ4n) is 5.52. The van der Waals surface area contributed by atoms with E-state index in [1.807, 2.05) is 0 Å². The van der Waals surface area contributed by atoms with Gasteiger partial charge in [0.2, 0.25) is 17.7 Å². The SMILES string of the molecule is CCOC(=O)c1ccc(N2C(=O)C3Sc4c(sc(=O)n4CC(=O)Nc4ccc(OC)cc4)C(c4ccc(Cl)cc4)C3C2=O)cc1. The maximum atomic E-state index is 14.1. The van der Waals surface area contributed by atoms with Gasteiger partial charge in [-0.3, -0.25) is 23.7 Å². The summed E-state index contributed by atoms with van der Waals surface area (Å²) in [7, 11) is 1.54. The lowest BCUT2D eigenvalue weighted by Gasteiger charge is -2.30. The number of hydrogen-bond donors (Lipinski definition) is 1. The van der Waals surface area contributed by atoms with Crippen molar-refractivity contribution in [2.75, 3.05) is 23.9 Å². The van der Waals surface area contributed by atoms with Gasteiger partial charge in [0.25, 0.3) is 0 Å². The van der Waals surface area contributed by atoms with Crippen molar-refractivity contribution in [1.82, 2.24) is 4.57 Å². The predicted octanol–water partition coefficient (Wildman–Crippen LogP) is 5.18. The van der Waals surface area contributed by atoms with E-state index in [1.165, 1.54) is 28.8 Å². The van der Waals surface area contributed by atoms with Gasteiger partial charge in [0.15, 0.2) is 0 Å². The summed E-state index contributed by atoms with van der Waals surface area (Å²) in [6.07, 6.45) is 0. The Hall–Kier alpha value is -4.39. The molecule has 1 fully saturated rings. The van der Waals surface area contributed by atoms with Crippen molar-refractivity contribution in [2.45, 2.75) is 29.7 Å². The predicted molar refractivity (Wildman–Crippen MR) is 172 cm³/mol. The first-order chi connectivity index (χ1) is 21.7. The summed E-state index contributed by atoms with van der Waals surface area (Å²) in [6.45, 7) is 1.64. The minimum absolute atomic E-state index is 0.217. The van der Waals surface area contributed by atoms with Gasteiger partial charge in [0, 0.05) is 21.5 Å². The summed E-state index contributed by atoms with van der Waals surface area (Å²) >= 11 is 8.25. The molecule has 4 aromatic rings. The van der Waals surface area contributed by atoms with E-state index in [0.29, 0.717) is 43.2 Å². The van der Waals surface area contributed by atoms with Gasteiger partial charge in [0.1, 0.15) is 17.5 Å². The molecule has 3 amide bonds. The molecule has 10 nitrogen and oxygen atoms in total. The molecule has 1 aromatic heterocycles. The third-order valence-electron chi connectivity index (χ3n) is 7.59. The van der Waals surface area contributed by atoms with E-state index in [0.717, 1.165) is 28.0 Å². The average Bonchev–Trinajstić information content (AvgIpc) is 3.48. The van der Waals surface area contributed by atoms with Crippen LogP contribution in [-0.2, 0) is 25.7 Å². The Morgan fingerprint density at radius 2 is 1.62 bits per heavy atom. The number of carbonyl (C=O) groups is 4. The molecule has 3 aromatic carbocycles. The van der Waals surface area contributed by atoms with Gasteiger partial charge < -0.3 is 14.8 Å². The molecule has 0 spiro atoms. The number of nitrogens with zero attached hydrogens (tertiary/aromatic N) is 2. The first-order valence-electron chi connectivity index (χ1n) is 13.9. The molecule has 1 saturated heterocycles. The Balaban J connectivity index is 1.35. The Morgan fingerprint density at radius 3 is 2.27 bits per heavy atom. The monoisotopic (exact) mass is 663 g/mol. The van der Waals surface area contributed by atoms with Crippen molar-refractivity contribution in [3.05, 3.63) is 103 Å². The van der Waals surface area contributed by atoms with Gasteiger partial charge in [-0.25, -0.2) is 9.69 Å². The molecule has 1 N–H and O–H groups in total. The highest BCUT2D eigenvalue weighted by molar-refractivity contribution is 8.00. The molecule has 45 heavy (non-hydrogen) atoms. The van der Waals surface area contributed by atoms with E-state index in [9.17, 15) is 24.0 Å². The third kappa shape index (κ3) is 5.76. The van der Waals surface area contributed by atoms with Gasteiger partial charge in [0.05, 0.1) is 35.9 Å². The molecule has 3 heterocycles. The molecule has 13 heteroatoms. The van der Waals surface area contributed by atoms with Crippen LogP contribution in [0, 0.1) is 5.92 Å². The summed E-state index contributed by atoms with van der Waals surface area (Å²) in [6, 6.07) is 19.8. The molecular weight excluding hydrogens is 638 g/mol. The van der Waals surface area contributed by atoms with E-state index < -0.39 is 40.8 Å². The van der Waals surface area contributed by atoms with Crippen LogP contribution < -0.4 is 19.8 Å². The van der Waals surface area contributed by atoms with Crippen molar-refractivity contribution in [2.24, 2.45) is 5.92 Å². The highest BCUT2D eigenvalue weighted by Crippen LogP contribution is 2.54. The average molecular weight is 664 g/mol. The van der Waals surface area contributed by atoms with Gasteiger partial charge in [-0.1, -0.05) is 46.8 Å². The number of fused-ring (bicyclic) bond motifs is 2. The highest BCUT2D eigenvalue weighted by Gasteiger charge is 2.56. The smallest absolute Gasteiger partial charge is 0.338 e. The zero-order valence-corrected chi connectivity index (χ0v) is 26.4. The number of halogens is 1. The minimum Gasteiger partial charge on any atom is -0.497 e. The summed E-state index contributed by atoms with van der Waals surface area (Å²) in [5.74, 6) is -2.62. The van der Waals surface area contributed by atoms with Crippen molar-refractivity contribution < 1.29 is 28.7 Å². The number of benzene rings is 3. The van der Waals surface area contributed by atoms with Crippen LogP contribution in [0.4, 0.5) is 11.4 Å². The number of methoxy groups -OCH3 is 1. The molecule has 0 radical (unpaired) electrons. The van der Waals surface area contributed by atoms with E-state index in [2.05, 4.69) is 5.32 Å². The number of thioether (sulfide) groups is 1. The number of rotatable bonds is 8. The summed E-state index contributed by atoms with van der Waals surface area (Å²) in [5, 5.41) is 2.90. The molecule has 3 atom stereocenters. The number of esters is 1. The fourth-order valence-corrected chi connectivity index (χ4v) is 8.42. The molecular formula is C32H26ClN3O7S2. The maximum absolute atomic E-state index is 14.1. The Kier molecular flexibility index (Phi) is 8.54. The number of hydrogen-bond acceptors (Lipinski definition) is 9. The first kappa shape index (κ1) is 30.6. The lowest BCUT2D eigenvalue weighted by molar-refractivity contribution is -0.122. The molecule has 6 rings (SSSR count). The van der Waals surface area contributed by atoms with Crippen LogP contribution in [0.5, 0.6) is 5.75 Å². The van der Waals surface area contributed by atoms with Crippen molar-refractivity contribution in [1.29, 1.82) is 0 Å². The summed E-state index contributed by atoms with van der Waals surface area (Å²) in [4.78, 5) is 68.0. The number of ether oxygens (including phenoxy) is 2. The third-order valence-corrected chi connectivity index (χ3v) is 10.4. The molecule has 230 valence electrons. The van der Waals surface area contributed by atoms with Crippen LogP contribution in [0.1, 0.15) is 33.6 Å². The van der Waals surface area contributed by atoms with E-state index >= 15 is 0 Å². The standard InChI is InChI=1S/C32H26ClN3O7S2/c1-3-43-31(40)18-6-12-21(13-7-18)36-28(38)25-24(17-4-8-19(33)9-5-17)27-30(44-26(25)29(36)39)35(32(41)45-27)16-23(37)34-20-10-14-22(42-2)15-11-20/h4-15,24-26H,3,16H2,1-2H3,(H,34,37). The number of anilines is 2. The Labute approximate surface area is 270 Å². The van der Waals surface area contributed by atoms with Crippen LogP contribution in [0.25, 0.3) is 0 Å². The van der Waals surface area contributed by atoms with Gasteiger partial charge >= 0.3 is 10.8 Å². The molecule has 0 saturated carbocycles. The van der Waals surface area contributed by atoms with E-state index in [-0.39, 0.29) is 18.0 Å². The number of aromatic nitrogens is 1. The Bertz CT molecular complexity index is 1850. The number of amides is 3. The fraction of sp³-hybridized carbons (Fsp3) is 0.219. The zero-order chi connectivity index (χ0) is 31.8. The second-order valence-corrected chi connectivity index (χ2v) is 12.8. The molecule has 2 aliphatic rings. The van der Waals surface area contributed by atoms with Crippen LogP contribution in [0.15, 0.2) is 82.6 Å². The van der Waals surface area contributed by atoms with E-state index in [4.69, 9.17) is 21.1 Å². The van der Waals surface area contributed by atoms with Gasteiger partial charge in [-0.15, -0.1) is 0 Å². The minimum atomic E-state index is -0.861. The summed E-state index contributed by atoms with van der Waals surface area (Å²) < 4.78 is 11.6. The first-order valence-corrected chi connectivity index (χ1v) is 16.0. The number of nitrogens with one attached hydrogen (secondary N) is 1. The number of carbonyl (C=O) groups excluding carboxylic acids is 4. The lowest BCUT2D eigenvalue weighted by atomic mass is 9.83. The lowest BCUT2D eigenvalue weighted by Crippen LogP contribution is -2.33. The van der Waals surface area contributed by atoms with Crippen molar-refractivity contribution >= 4 is 69.8 Å². The Morgan fingerprint density at radius 1 is 0.933 bits per heavy atom.